The van der Waals surface area contributed by atoms with Crippen LogP contribution >= 0.6 is 22.7 Å². The molecule has 2 aliphatic rings. The normalized spacial score (nSPS) is 14.6. The molecule has 0 spiro atoms. The highest BCUT2D eigenvalue weighted by molar-refractivity contribution is 7.23. The van der Waals surface area contributed by atoms with E-state index in [1.807, 2.05) is 59.2 Å². The third kappa shape index (κ3) is 16.5. The molecule has 6 rings (SSSR count). The van der Waals surface area contributed by atoms with Crippen molar-refractivity contribution in [2.24, 2.45) is 11.8 Å². The maximum atomic E-state index is 15.5. The van der Waals surface area contributed by atoms with E-state index in [9.17, 15) is 0 Å². The number of aryl methyl sites for hydroxylation is 1. The molecule has 0 radical (unpaired) electrons. The van der Waals surface area contributed by atoms with Crippen molar-refractivity contribution in [2.45, 2.75) is 236 Å². The van der Waals surface area contributed by atoms with Gasteiger partial charge in [-0.15, -0.1) is 22.7 Å². The van der Waals surface area contributed by atoms with E-state index in [0.717, 1.165) is 74.2 Å². The van der Waals surface area contributed by atoms with Gasteiger partial charge in [0.05, 0.1) is 16.0 Å². The zero-order chi connectivity index (χ0) is 51.1. The van der Waals surface area contributed by atoms with E-state index < -0.39 is 0 Å². The van der Waals surface area contributed by atoms with Gasteiger partial charge in [-0.3, -0.25) is 9.59 Å². The van der Waals surface area contributed by atoms with Gasteiger partial charge in [0, 0.05) is 33.1 Å². The molecule has 4 aromatic heterocycles. The lowest BCUT2D eigenvalue weighted by molar-refractivity contribution is -0.124. The van der Waals surface area contributed by atoms with Crippen LogP contribution in [0.4, 0.5) is 0 Å². The molecule has 0 aliphatic carbocycles. The van der Waals surface area contributed by atoms with Gasteiger partial charge in [-0.1, -0.05) is 199 Å². The Labute approximate surface area is 435 Å². The fraction of sp³-hybridized carbons (Fsp3) is 0.645. The van der Waals surface area contributed by atoms with Gasteiger partial charge in [-0.05, 0) is 92.5 Å². The first kappa shape index (κ1) is 58.9. The largest absolute Gasteiger partial charge is 0.459 e. The van der Waals surface area contributed by atoms with Gasteiger partial charge in [0.15, 0.2) is 11.5 Å². The number of hydrogen-bond acceptors (Lipinski definition) is 6. The molecule has 0 bridgehead atoms. The molecule has 6 nitrogen and oxygen atoms in total. The van der Waals surface area contributed by atoms with Crippen molar-refractivity contribution in [3.63, 3.8) is 0 Å². The first-order valence-corrected chi connectivity index (χ1v) is 30.1. The average molecular weight is 998 g/mol. The summed E-state index contributed by atoms with van der Waals surface area (Å²) in [6.45, 7) is 27.2. The molecule has 390 valence electrons. The summed E-state index contributed by atoms with van der Waals surface area (Å²) < 4.78 is 13.6. The number of fused-ring (bicyclic) bond motifs is 1. The Bertz CT molecular complexity index is 2190. The summed E-state index contributed by atoms with van der Waals surface area (Å²) in [5.74, 6) is 3.22. The smallest absolute Gasteiger partial charge is 0.261 e. The molecule has 6 heterocycles. The minimum Gasteiger partial charge on any atom is -0.459 e. The third-order valence-electron chi connectivity index (χ3n) is 13.9. The van der Waals surface area contributed by atoms with E-state index >= 15 is 9.59 Å². The summed E-state index contributed by atoms with van der Waals surface area (Å²) in [4.78, 5) is 39.7. The van der Waals surface area contributed by atoms with Crippen LogP contribution in [0.2, 0.25) is 0 Å². The summed E-state index contributed by atoms with van der Waals surface area (Å²) in [5, 5.41) is 0. The van der Waals surface area contributed by atoms with Gasteiger partial charge in [0.2, 0.25) is 0 Å². The van der Waals surface area contributed by atoms with Gasteiger partial charge in [-0.25, -0.2) is 0 Å². The lowest BCUT2D eigenvalue weighted by Crippen LogP contribution is -2.34. The number of thiophene rings is 2. The van der Waals surface area contributed by atoms with Crippen molar-refractivity contribution in [1.29, 1.82) is 0 Å². The van der Waals surface area contributed by atoms with Crippen LogP contribution in [0.3, 0.4) is 0 Å². The van der Waals surface area contributed by atoms with Crippen LogP contribution in [0.5, 0.6) is 0 Å². The van der Waals surface area contributed by atoms with Crippen LogP contribution in [0, 0.1) is 11.8 Å². The quantitative estimate of drug-likeness (QED) is 0.0488. The van der Waals surface area contributed by atoms with Gasteiger partial charge in [0.25, 0.3) is 11.8 Å². The molecule has 2 unspecified atom stereocenters. The van der Waals surface area contributed by atoms with Crippen molar-refractivity contribution in [1.82, 2.24) is 9.80 Å². The fourth-order valence-corrected chi connectivity index (χ4v) is 11.9. The van der Waals surface area contributed by atoms with E-state index in [-0.39, 0.29) is 17.2 Å². The van der Waals surface area contributed by atoms with E-state index in [1.54, 1.807) is 11.3 Å². The monoisotopic (exact) mass is 997 g/mol. The van der Waals surface area contributed by atoms with Gasteiger partial charge >= 0.3 is 0 Å². The summed E-state index contributed by atoms with van der Waals surface area (Å²) >= 11 is 3.57. The third-order valence-corrected chi connectivity index (χ3v) is 16.4. The Morgan fingerprint density at radius 2 is 0.886 bits per heavy atom. The molecule has 2 amide bonds. The number of hydrogen-bond donors (Lipinski definition) is 0. The Morgan fingerprint density at radius 1 is 0.457 bits per heavy atom. The summed E-state index contributed by atoms with van der Waals surface area (Å²) in [6, 6.07) is 16.8. The summed E-state index contributed by atoms with van der Waals surface area (Å²) in [6.07, 6.45) is 27.4. The number of furan rings is 2. The lowest BCUT2D eigenvalue weighted by atomic mass is 9.93. The Morgan fingerprint density at radius 3 is 1.36 bits per heavy atom. The van der Waals surface area contributed by atoms with Crippen molar-refractivity contribution in [3.8, 4) is 20.4 Å². The van der Waals surface area contributed by atoms with Crippen molar-refractivity contribution < 1.29 is 18.4 Å². The Kier molecular flexibility index (Phi) is 26.2. The maximum Gasteiger partial charge on any atom is 0.261 e. The minimum atomic E-state index is -0.230. The van der Waals surface area contributed by atoms with Crippen LogP contribution in [0.25, 0.3) is 31.8 Å². The fourth-order valence-electron chi connectivity index (χ4n) is 9.89. The second kappa shape index (κ2) is 31.1. The molecule has 0 aromatic carbocycles. The first-order valence-electron chi connectivity index (χ1n) is 28.5. The predicted molar refractivity (Wildman–Crippen MR) is 303 cm³/mol. The highest BCUT2D eigenvalue weighted by Crippen LogP contribution is 2.49. The van der Waals surface area contributed by atoms with Crippen LogP contribution in [-0.2, 0) is 21.4 Å². The number of unbranched alkanes of at least 4 members (excludes halogenated alkanes) is 13. The molecule has 4 aromatic rings. The number of nitrogens with zero attached hydrogens (tertiary/aromatic N) is 2. The van der Waals surface area contributed by atoms with Gasteiger partial charge in [0.1, 0.15) is 22.9 Å². The predicted octanol–water partition coefficient (Wildman–Crippen LogP) is 19.9. The second-order valence-electron chi connectivity index (χ2n) is 20.8. The second-order valence-corrected chi connectivity index (χ2v) is 23.0. The van der Waals surface area contributed by atoms with Crippen LogP contribution < -0.4 is 0 Å². The average Bonchev–Trinajstić information content (AvgIpc) is 4.23. The molecule has 8 heteroatoms. The standard InChI is InChI=1S/C55H78N2O4S2.C5H12.C2H6/c1-9-14-17-20-21-24-28-40(27-23-19-16-11-3)38-57-51(43-31-30-42(60-43)45-34-35-47(63-45)46-33-29-41(13-5)62-46)49-50(54(57)59)52(44-32-36-48(61-44)55(6,7)8)56(53(49)58)37-39(25-12-4)26-22-18-15-10-2;1-3-5-4-2;1-2/h29-36,39-40H,9-28,37-38H2,1-8H3;3-5H2,1-2H3;1-2H3. The molecular formula is C62H96N2O4S2. The van der Waals surface area contributed by atoms with Gasteiger partial charge < -0.3 is 18.6 Å². The highest BCUT2D eigenvalue weighted by atomic mass is 32.1. The van der Waals surface area contributed by atoms with E-state index in [4.69, 9.17) is 8.83 Å². The highest BCUT2D eigenvalue weighted by Gasteiger charge is 2.51. The molecule has 0 saturated heterocycles. The lowest BCUT2D eigenvalue weighted by Gasteiger charge is -2.29. The van der Waals surface area contributed by atoms with Gasteiger partial charge in [-0.2, -0.15) is 0 Å². The molecule has 2 aliphatic heterocycles. The minimum absolute atomic E-state index is 0.100. The zero-order valence-corrected chi connectivity index (χ0v) is 47.9. The van der Waals surface area contributed by atoms with Crippen LogP contribution in [0.1, 0.15) is 247 Å². The van der Waals surface area contributed by atoms with Crippen molar-refractivity contribution >= 4 is 45.9 Å². The van der Waals surface area contributed by atoms with E-state index in [1.165, 1.54) is 105 Å². The first-order chi connectivity index (χ1) is 33.9. The molecule has 0 fully saturated rings. The topological polar surface area (TPSA) is 66.9 Å². The maximum absolute atomic E-state index is 15.5. The van der Waals surface area contributed by atoms with Crippen LogP contribution in [-0.4, -0.2) is 34.7 Å². The molecular weight excluding hydrogens is 901 g/mol. The molecule has 2 atom stereocenters. The molecule has 0 saturated carbocycles. The van der Waals surface area contributed by atoms with Crippen molar-refractivity contribution in [3.05, 3.63) is 81.8 Å². The zero-order valence-electron chi connectivity index (χ0n) is 46.3. The molecule has 70 heavy (non-hydrogen) atoms. The van der Waals surface area contributed by atoms with E-state index in [2.05, 4.69) is 93.5 Å². The number of carbonyl (C=O) groups is 2. The number of amides is 2. The summed E-state index contributed by atoms with van der Waals surface area (Å²) in [5.41, 5.74) is 2.00. The Hall–Kier alpha value is -3.62. The number of rotatable bonds is 30. The van der Waals surface area contributed by atoms with Crippen molar-refractivity contribution in [2.75, 3.05) is 13.1 Å². The SMILES string of the molecule is CC.CCCCC.CCCCCCCCC(CCCCCC)CN1C(=O)C2=C(c3ccc(C(C)(C)C)o3)N(CC(CCC)CCCCCC)C(=O)C2=C1c1ccc(-c2ccc(-c3ccc(CC)s3)s2)o1. The summed E-state index contributed by atoms with van der Waals surface area (Å²) in [7, 11) is 0. The Balaban J connectivity index is 0.00000143. The van der Waals surface area contributed by atoms with Crippen LogP contribution in [0.15, 0.2) is 68.5 Å². The molecule has 0 N–H and O–H groups in total. The van der Waals surface area contributed by atoms with E-state index in [0.29, 0.717) is 59.0 Å². The number of carbonyl (C=O) groups excluding carboxylic acids is 2.